The molecule has 0 atom stereocenters. The third-order valence-electron chi connectivity index (χ3n) is 2.59. The summed E-state index contributed by atoms with van der Waals surface area (Å²) in [4.78, 5) is 10.3. The molecule has 0 heterocycles. The minimum Gasteiger partial charge on any atom is -0.384 e. The van der Waals surface area contributed by atoms with Gasteiger partial charge < -0.3 is 10.6 Å². The van der Waals surface area contributed by atoms with Crippen LogP contribution in [0.1, 0.15) is 26.3 Å². The van der Waals surface area contributed by atoms with Gasteiger partial charge in [-0.1, -0.05) is 11.6 Å². The van der Waals surface area contributed by atoms with Gasteiger partial charge in [-0.05, 0) is 39.3 Å². The number of halogens is 1. The first-order valence-electron chi connectivity index (χ1n) is 6.14. The van der Waals surface area contributed by atoms with E-state index < -0.39 is 4.92 Å². The van der Waals surface area contributed by atoms with E-state index in [0.717, 1.165) is 24.3 Å². The van der Waals surface area contributed by atoms with Gasteiger partial charge in [-0.15, -0.1) is 0 Å². The lowest BCUT2D eigenvalue weighted by Crippen LogP contribution is -2.38. The molecule has 1 aromatic rings. The van der Waals surface area contributed by atoms with Crippen molar-refractivity contribution in [2.24, 2.45) is 0 Å². The van der Waals surface area contributed by atoms with Gasteiger partial charge in [0.05, 0.1) is 4.92 Å². The monoisotopic (exact) mass is 285 g/mol. The molecule has 0 amide bonds. The lowest BCUT2D eigenvalue weighted by molar-refractivity contribution is -0.384. The highest BCUT2D eigenvalue weighted by Crippen LogP contribution is 2.30. The highest BCUT2D eigenvalue weighted by Gasteiger charge is 2.15. The molecular formula is C13H20ClN3O2. The van der Waals surface area contributed by atoms with Crippen LogP contribution in [0.3, 0.4) is 0 Å². The Balaban J connectivity index is 2.65. The highest BCUT2D eigenvalue weighted by molar-refractivity contribution is 6.33. The molecule has 0 saturated carbocycles. The van der Waals surface area contributed by atoms with Crippen molar-refractivity contribution in [1.82, 2.24) is 5.32 Å². The van der Waals surface area contributed by atoms with Crippen LogP contribution in [0, 0.1) is 17.0 Å². The summed E-state index contributed by atoms with van der Waals surface area (Å²) in [5.74, 6) is 0. The van der Waals surface area contributed by atoms with Crippen molar-refractivity contribution in [2.75, 3.05) is 18.4 Å². The number of nitro groups is 1. The maximum atomic E-state index is 10.7. The summed E-state index contributed by atoms with van der Waals surface area (Å²) in [6.07, 6.45) is 0. The lowest BCUT2D eigenvalue weighted by atomic mass is 10.1. The molecule has 0 bridgehead atoms. The molecule has 0 spiro atoms. The van der Waals surface area contributed by atoms with Crippen molar-refractivity contribution >= 4 is 23.0 Å². The summed E-state index contributed by atoms with van der Waals surface area (Å²) in [5.41, 5.74) is 1.65. The molecule has 0 aliphatic carbocycles. The second-order valence-electron chi connectivity index (χ2n) is 5.48. The average Bonchev–Trinajstić information content (AvgIpc) is 2.26. The van der Waals surface area contributed by atoms with Gasteiger partial charge >= 0.3 is 0 Å². The Morgan fingerprint density at radius 1 is 1.32 bits per heavy atom. The summed E-state index contributed by atoms with van der Waals surface area (Å²) in [7, 11) is 0. The molecule has 106 valence electrons. The molecule has 6 heteroatoms. The fourth-order valence-corrected chi connectivity index (χ4v) is 1.86. The van der Waals surface area contributed by atoms with E-state index >= 15 is 0 Å². The topological polar surface area (TPSA) is 67.2 Å². The van der Waals surface area contributed by atoms with Crippen molar-refractivity contribution in [3.8, 4) is 0 Å². The quantitative estimate of drug-likeness (QED) is 0.494. The molecule has 0 aliphatic rings. The van der Waals surface area contributed by atoms with Crippen molar-refractivity contribution in [3.63, 3.8) is 0 Å². The molecular weight excluding hydrogens is 266 g/mol. The molecule has 0 saturated heterocycles. The Labute approximate surface area is 118 Å². The maximum Gasteiger partial charge on any atom is 0.288 e. The van der Waals surface area contributed by atoms with Crippen LogP contribution in [-0.2, 0) is 0 Å². The number of aryl methyl sites for hydroxylation is 1. The van der Waals surface area contributed by atoms with Gasteiger partial charge in [-0.3, -0.25) is 10.1 Å². The van der Waals surface area contributed by atoms with Gasteiger partial charge in [0.1, 0.15) is 5.02 Å². The van der Waals surface area contributed by atoms with E-state index in [-0.39, 0.29) is 16.2 Å². The number of rotatable bonds is 5. The van der Waals surface area contributed by atoms with Crippen LogP contribution in [0.2, 0.25) is 5.02 Å². The second-order valence-corrected chi connectivity index (χ2v) is 5.89. The Morgan fingerprint density at radius 3 is 2.47 bits per heavy atom. The van der Waals surface area contributed by atoms with E-state index in [9.17, 15) is 10.1 Å². The van der Waals surface area contributed by atoms with Gasteiger partial charge in [0.2, 0.25) is 0 Å². The number of nitrogens with one attached hydrogen (secondary N) is 2. The van der Waals surface area contributed by atoms with Gasteiger partial charge in [0.15, 0.2) is 0 Å². The number of benzene rings is 1. The molecule has 1 aromatic carbocycles. The molecule has 19 heavy (non-hydrogen) atoms. The largest absolute Gasteiger partial charge is 0.384 e. The Morgan fingerprint density at radius 2 is 1.95 bits per heavy atom. The molecule has 0 fully saturated rings. The lowest BCUT2D eigenvalue weighted by Gasteiger charge is -2.21. The summed E-state index contributed by atoms with van der Waals surface area (Å²) in [6.45, 7) is 9.65. The number of hydrogen-bond acceptors (Lipinski definition) is 4. The molecule has 0 radical (unpaired) electrons. The zero-order chi connectivity index (χ0) is 14.6. The maximum absolute atomic E-state index is 10.7. The summed E-state index contributed by atoms with van der Waals surface area (Å²) in [5, 5.41) is 17.5. The minimum atomic E-state index is -0.472. The SMILES string of the molecule is Cc1cc([N+](=O)[O-])c(Cl)cc1NCCNC(C)(C)C. The van der Waals surface area contributed by atoms with Crippen LogP contribution in [0.4, 0.5) is 11.4 Å². The van der Waals surface area contributed by atoms with Crippen LogP contribution in [0.25, 0.3) is 0 Å². The number of anilines is 1. The van der Waals surface area contributed by atoms with Gasteiger partial charge in [-0.2, -0.15) is 0 Å². The minimum absolute atomic E-state index is 0.0578. The smallest absolute Gasteiger partial charge is 0.288 e. The first kappa shape index (κ1) is 15.7. The number of nitrogens with zero attached hydrogens (tertiary/aromatic N) is 1. The predicted octanol–water partition coefficient (Wildman–Crippen LogP) is 3.36. The molecule has 1 rings (SSSR count). The van der Waals surface area contributed by atoms with Crippen LogP contribution in [-0.4, -0.2) is 23.6 Å². The molecule has 0 unspecified atom stereocenters. The van der Waals surface area contributed by atoms with Crippen LogP contribution in [0.5, 0.6) is 0 Å². The zero-order valence-electron chi connectivity index (χ0n) is 11.7. The zero-order valence-corrected chi connectivity index (χ0v) is 12.5. The van der Waals surface area contributed by atoms with E-state index in [2.05, 4.69) is 31.4 Å². The standard InChI is InChI=1S/C13H20ClN3O2/c1-9-7-12(17(18)19)10(14)8-11(9)15-5-6-16-13(2,3)4/h7-8,15-16H,5-6H2,1-4H3. The highest BCUT2D eigenvalue weighted by atomic mass is 35.5. The number of hydrogen-bond donors (Lipinski definition) is 2. The molecule has 5 nitrogen and oxygen atoms in total. The summed E-state index contributed by atoms with van der Waals surface area (Å²) in [6, 6.07) is 3.09. The van der Waals surface area contributed by atoms with Crippen LogP contribution < -0.4 is 10.6 Å². The van der Waals surface area contributed by atoms with Gasteiger partial charge in [-0.25, -0.2) is 0 Å². The summed E-state index contributed by atoms with van der Waals surface area (Å²) >= 11 is 5.88. The van der Waals surface area contributed by atoms with Crippen LogP contribution >= 0.6 is 11.6 Å². The van der Waals surface area contributed by atoms with E-state index in [1.165, 1.54) is 6.07 Å². The number of nitro benzene ring substituents is 1. The average molecular weight is 286 g/mol. The van der Waals surface area contributed by atoms with Crippen molar-refractivity contribution < 1.29 is 4.92 Å². The fraction of sp³-hybridized carbons (Fsp3) is 0.538. The summed E-state index contributed by atoms with van der Waals surface area (Å²) < 4.78 is 0. The Hall–Kier alpha value is -1.33. The molecule has 0 aliphatic heterocycles. The first-order valence-corrected chi connectivity index (χ1v) is 6.52. The van der Waals surface area contributed by atoms with Gasteiger partial charge in [0.25, 0.3) is 5.69 Å². The van der Waals surface area contributed by atoms with Crippen molar-refractivity contribution in [3.05, 3.63) is 32.8 Å². The van der Waals surface area contributed by atoms with E-state index in [1.807, 2.05) is 6.92 Å². The second kappa shape index (κ2) is 6.21. The van der Waals surface area contributed by atoms with E-state index in [0.29, 0.717) is 0 Å². The van der Waals surface area contributed by atoms with E-state index in [4.69, 9.17) is 11.6 Å². The van der Waals surface area contributed by atoms with Crippen LogP contribution in [0.15, 0.2) is 12.1 Å². The van der Waals surface area contributed by atoms with Crippen molar-refractivity contribution in [1.29, 1.82) is 0 Å². The van der Waals surface area contributed by atoms with Crippen molar-refractivity contribution in [2.45, 2.75) is 33.2 Å². The third kappa shape index (κ3) is 5.04. The predicted molar refractivity (Wildman–Crippen MR) is 79.1 cm³/mol. The molecule has 2 N–H and O–H groups in total. The normalized spacial score (nSPS) is 11.4. The Kier molecular flexibility index (Phi) is 5.14. The van der Waals surface area contributed by atoms with Gasteiger partial charge in [0, 0.05) is 30.4 Å². The third-order valence-corrected chi connectivity index (χ3v) is 2.89. The molecule has 0 aromatic heterocycles. The fourth-order valence-electron chi connectivity index (χ4n) is 1.63. The Bertz CT molecular complexity index is 470. The first-order chi connectivity index (χ1) is 8.70. The van der Waals surface area contributed by atoms with E-state index in [1.54, 1.807) is 6.07 Å².